The van der Waals surface area contributed by atoms with Crippen LogP contribution in [0.5, 0.6) is 0 Å². The number of piperazine rings is 1. The number of sulfonamides is 1. The maximum Gasteiger partial charge on any atom is 0.285 e. The molecule has 96 valence electrons. The third-order valence-corrected chi connectivity index (χ3v) is 4.74. The standard InChI is InChI=1S/C12H15N3O2S/c1-14-6-8-15(9-7-14)12-10-4-2-3-5-11(10)18(16,17)13-12/h2-5H,6-9H2,1H3. The minimum absolute atomic E-state index is 0.332. The highest BCUT2D eigenvalue weighted by molar-refractivity contribution is 7.90. The summed E-state index contributed by atoms with van der Waals surface area (Å²) in [6, 6.07) is 7.04. The Hall–Kier alpha value is -1.40. The van der Waals surface area contributed by atoms with Gasteiger partial charge in [0.15, 0.2) is 5.84 Å². The monoisotopic (exact) mass is 265 g/mol. The van der Waals surface area contributed by atoms with Crippen molar-refractivity contribution in [3.05, 3.63) is 29.8 Å². The number of fused-ring (bicyclic) bond motifs is 1. The molecule has 0 bridgehead atoms. The molecular formula is C12H15N3O2S. The first-order valence-electron chi connectivity index (χ1n) is 5.96. The molecule has 6 heteroatoms. The molecule has 0 saturated carbocycles. The predicted octanol–water partition coefficient (Wildman–Crippen LogP) is 0.383. The highest BCUT2D eigenvalue weighted by Crippen LogP contribution is 2.27. The van der Waals surface area contributed by atoms with Crippen molar-refractivity contribution >= 4 is 15.9 Å². The largest absolute Gasteiger partial charge is 0.353 e. The van der Waals surface area contributed by atoms with E-state index in [2.05, 4.69) is 21.2 Å². The fourth-order valence-corrected chi connectivity index (χ4v) is 3.56. The predicted molar refractivity (Wildman–Crippen MR) is 69.2 cm³/mol. The Labute approximate surface area is 107 Å². The van der Waals surface area contributed by atoms with Gasteiger partial charge >= 0.3 is 0 Å². The minimum Gasteiger partial charge on any atom is -0.353 e. The summed E-state index contributed by atoms with van der Waals surface area (Å²) in [7, 11) is -1.42. The third kappa shape index (κ3) is 1.81. The molecule has 0 radical (unpaired) electrons. The van der Waals surface area contributed by atoms with Crippen LogP contribution in [-0.4, -0.2) is 57.3 Å². The van der Waals surface area contributed by atoms with E-state index in [4.69, 9.17) is 0 Å². The van der Waals surface area contributed by atoms with Gasteiger partial charge in [-0.2, -0.15) is 8.42 Å². The summed E-state index contributed by atoms with van der Waals surface area (Å²) in [6.07, 6.45) is 0. The SMILES string of the molecule is CN1CCN(C2=NS(=O)(=O)c3ccccc32)CC1. The lowest BCUT2D eigenvalue weighted by Crippen LogP contribution is -2.47. The Morgan fingerprint density at radius 3 is 2.50 bits per heavy atom. The third-order valence-electron chi connectivity index (χ3n) is 3.42. The van der Waals surface area contributed by atoms with Gasteiger partial charge in [-0.15, -0.1) is 4.40 Å². The van der Waals surface area contributed by atoms with E-state index in [1.807, 2.05) is 12.1 Å². The Balaban J connectivity index is 1.99. The number of benzene rings is 1. The highest BCUT2D eigenvalue weighted by atomic mass is 32.2. The van der Waals surface area contributed by atoms with Crippen molar-refractivity contribution in [3.8, 4) is 0 Å². The fraction of sp³-hybridized carbons (Fsp3) is 0.417. The van der Waals surface area contributed by atoms with Gasteiger partial charge < -0.3 is 9.80 Å². The van der Waals surface area contributed by atoms with Crippen LogP contribution >= 0.6 is 0 Å². The van der Waals surface area contributed by atoms with Crippen LogP contribution in [0, 0.1) is 0 Å². The Morgan fingerprint density at radius 1 is 1.11 bits per heavy atom. The Morgan fingerprint density at radius 2 is 1.78 bits per heavy atom. The second-order valence-corrected chi connectivity index (χ2v) is 6.25. The first kappa shape index (κ1) is 11.7. The number of likely N-dealkylation sites (N-methyl/N-ethyl adjacent to an activating group) is 1. The van der Waals surface area contributed by atoms with E-state index in [1.165, 1.54) is 0 Å². The minimum atomic E-state index is -3.48. The average molecular weight is 265 g/mol. The summed E-state index contributed by atoms with van der Waals surface area (Å²) in [5.41, 5.74) is 0.738. The normalized spacial score (nSPS) is 22.7. The van der Waals surface area contributed by atoms with Gasteiger partial charge in [-0.1, -0.05) is 12.1 Å². The number of amidine groups is 1. The van der Waals surface area contributed by atoms with Crippen LogP contribution in [0.1, 0.15) is 5.56 Å². The summed E-state index contributed by atoms with van der Waals surface area (Å²) < 4.78 is 27.8. The fourth-order valence-electron chi connectivity index (χ4n) is 2.33. The van der Waals surface area contributed by atoms with E-state index in [9.17, 15) is 8.42 Å². The first-order valence-corrected chi connectivity index (χ1v) is 7.40. The molecule has 2 aliphatic rings. The first-order chi connectivity index (χ1) is 8.58. The molecule has 18 heavy (non-hydrogen) atoms. The van der Waals surface area contributed by atoms with Crippen molar-refractivity contribution in [1.29, 1.82) is 0 Å². The van der Waals surface area contributed by atoms with Crippen LogP contribution in [0.3, 0.4) is 0 Å². The molecule has 0 aliphatic carbocycles. The highest BCUT2D eigenvalue weighted by Gasteiger charge is 2.32. The van der Waals surface area contributed by atoms with E-state index in [0.29, 0.717) is 10.7 Å². The van der Waals surface area contributed by atoms with Crippen molar-refractivity contribution in [2.75, 3.05) is 33.2 Å². The summed E-state index contributed by atoms with van der Waals surface area (Å²) in [5, 5.41) is 0. The smallest absolute Gasteiger partial charge is 0.285 e. The lowest BCUT2D eigenvalue weighted by atomic mass is 10.1. The molecule has 1 saturated heterocycles. The lowest BCUT2D eigenvalue weighted by Gasteiger charge is -2.33. The second kappa shape index (κ2) is 4.07. The Bertz CT molecular complexity index is 602. The van der Waals surface area contributed by atoms with Crippen molar-refractivity contribution in [3.63, 3.8) is 0 Å². The van der Waals surface area contributed by atoms with Crippen LogP contribution in [0.25, 0.3) is 0 Å². The summed E-state index contributed by atoms with van der Waals surface area (Å²) >= 11 is 0. The second-order valence-electron chi connectivity index (χ2n) is 4.68. The molecule has 5 nitrogen and oxygen atoms in total. The zero-order chi connectivity index (χ0) is 12.8. The van der Waals surface area contributed by atoms with E-state index in [-0.39, 0.29) is 0 Å². The van der Waals surface area contributed by atoms with Gasteiger partial charge in [0.25, 0.3) is 10.0 Å². The van der Waals surface area contributed by atoms with Crippen LogP contribution in [0.2, 0.25) is 0 Å². The summed E-state index contributed by atoms with van der Waals surface area (Å²) in [6.45, 7) is 3.50. The van der Waals surface area contributed by atoms with E-state index < -0.39 is 10.0 Å². The van der Waals surface area contributed by atoms with Gasteiger partial charge in [0.2, 0.25) is 0 Å². The quantitative estimate of drug-likeness (QED) is 0.680. The van der Waals surface area contributed by atoms with Crippen molar-refractivity contribution < 1.29 is 8.42 Å². The van der Waals surface area contributed by atoms with Crippen molar-refractivity contribution in [2.24, 2.45) is 4.40 Å². The maximum absolute atomic E-state index is 11.9. The molecule has 0 unspecified atom stereocenters. The molecule has 0 N–H and O–H groups in total. The maximum atomic E-state index is 11.9. The molecule has 1 aromatic rings. The van der Waals surface area contributed by atoms with Gasteiger partial charge in [0, 0.05) is 31.7 Å². The van der Waals surface area contributed by atoms with E-state index >= 15 is 0 Å². The summed E-state index contributed by atoms with van der Waals surface area (Å²) in [4.78, 5) is 4.62. The Kier molecular flexibility index (Phi) is 2.64. The number of rotatable bonds is 0. The molecule has 1 aromatic carbocycles. The molecule has 0 aromatic heterocycles. The van der Waals surface area contributed by atoms with E-state index in [1.54, 1.807) is 12.1 Å². The van der Waals surface area contributed by atoms with Gasteiger partial charge in [-0.25, -0.2) is 0 Å². The molecule has 2 aliphatic heterocycles. The van der Waals surface area contributed by atoms with Gasteiger partial charge in [-0.05, 0) is 19.2 Å². The number of hydrogen-bond acceptors (Lipinski definition) is 4. The molecule has 0 amide bonds. The number of nitrogens with zero attached hydrogens (tertiary/aromatic N) is 3. The van der Waals surface area contributed by atoms with Crippen LogP contribution in [0.15, 0.2) is 33.6 Å². The van der Waals surface area contributed by atoms with Crippen LogP contribution < -0.4 is 0 Å². The summed E-state index contributed by atoms with van der Waals surface area (Å²) in [5.74, 6) is 0.610. The van der Waals surface area contributed by atoms with Crippen molar-refractivity contribution in [1.82, 2.24) is 9.80 Å². The zero-order valence-electron chi connectivity index (χ0n) is 10.2. The van der Waals surface area contributed by atoms with Gasteiger partial charge in [-0.3, -0.25) is 0 Å². The molecule has 0 spiro atoms. The molecule has 3 rings (SSSR count). The molecule has 0 atom stereocenters. The molecule has 1 fully saturated rings. The zero-order valence-corrected chi connectivity index (χ0v) is 11.0. The van der Waals surface area contributed by atoms with Crippen molar-refractivity contribution in [2.45, 2.75) is 4.90 Å². The average Bonchev–Trinajstić information content (AvgIpc) is 2.63. The topological polar surface area (TPSA) is 53.0 Å². The van der Waals surface area contributed by atoms with Crippen LogP contribution in [-0.2, 0) is 10.0 Å². The molecule has 2 heterocycles. The van der Waals surface area contributed by atoms with Gasteiger partial charge in [0.05, 0.1) is 0 Å². The van der Waals surface area contributed by atoms with E-state index in [0.717, 1.165) is 31.7 Å². The van der Waals surface area contributed by atoms with Crippen LogP contribution in [0.4, 0.5) is 0 Å². The lowest BCUT2D eigenvalue weighted by molar-refractivity contribution is 0.216. The van der Waals surface area contributed by atoms with Gasteiger partial charge in [0.1, 0.15) is 4.90 Å². The molecular weight excluding hydrogens is 250 g/mol. The number of hydrogen-bond donors (Lipinski definition) is 0.